The number of hydrogen-bond acceptors (Lipinski definition) is 3. The van der Waals surface area contributed by atoms with Gasteiger partial charge in [0.15, 0.2) is 6.61 Å². The normalized spacial score (nSPS) is 11.7. The van der Waals surface area contributed by atoms with E-state index in [1.165, 1.54) is 0 Å². The van der Waals surface area contributed by atoms with Gasteiger partial charge in [0.05, 0.1) is 0 Å². The highest BCUT2D eigenvalue weighted by molar-refractivity contribution is 5.88. The molecule has 5 nitrogen and oxygen atoms in total. The van der Waals surface area contributed by atoms with Crippen molar-refractivity contribution in [3.05, 3.63) is 101 Å². The Balaban J connectivity index is 1.89. The molecule has 0 aromatic heterocycles. The Morgan fingerprint density at radius 3 is 2.14 bits per heavy atom. The van der Waals surface area contributed by atoms with Gasteiger partial charge in [0.1, 0.15) is 11.8 Å². The van der Waals surface area contributed by atoms with Gasteiger partial charge in [-0.1, -0.05) is 86.6 Å². The Hall–Kier alpha value is -3.60. The van der Waals surface area contributed by atoms with Crippen LogP contribution in [0.4, 0.5) is 0 Å². The molecule has 0 bridgehead atoms. The zero-order valence-electron chi connectivity index (χ0n) is 21.2. The van der Waals surface area contributed by atoms with Crippen molar-refractivity contribution < 1.29 is 14.3 Å². The minimum atomic E-state index is -0.661. The number of ether oxygens (including phenoxy) is 1. The lowest BCUT2D eigenvalue weighted by Gasteiger charge is -2.31. The zero-order chi connectivity index (χ0) is 25.2. The van der Waals surface area contributed by atoms with E-state index < -0.39 is 6.04 Å². The maximum atomic E-state index is 13.6. The van der Waals surface area contributed by atoms with Crippen LogP contribution in [-0.4, -0.2) is 35.9 Å². The van der Waals surface area contributed by atoms with Crippen molar-refractivity contribution in [2.75, 3.05) is 13.2 Å². The third-order valence-corrected chi connectivity index (χ3v) is 5.85. The van der Waals surface area contributed by atoms with Crippen molar-refractivity contribution in [3.63, 3.8) is 0 Å². The van der Waals surface area contributed by atoms with Gasteiger partial charge in [-0.05, 0) is 48.1 Å². The Morgan fingerprint density at radius 2 is 1.51 bits per heavy atom. The highest BCUT2D eigenvalue weighted by Crippen LogP contribution is 2.20. The molecule has 184 valence electrons. The summed E-state index contributed by atoms with van der Waals surface area (Å²) < 4.78 is 5.95. The molecule has 35 heavy (non-hydrogen) atoms. The maximum absolute atomic E-state index is 13.6. The molecule has 1 N–H and O–H groups in total. The maximum Gasteiger partial charge on any atom is 0.261 e. The fraction of sp³-hybridized carbons (Fsp3) is 0.333. The quantitative estimate of drug-likeness (QED) is 0.423. The van der Waals surface area contributed by atoms with Crippen molar-refractivity contribution >= 4 is 11.8 Å². The van der Waals surface area contributed by atoms with E-state index in [9.17, 15) is 9.59 Å². The molecule has 0 radical (unpaired) electrons. The summed E-state index contributed by atoms with van der Waals surface area (Å²) in [6.45, 7) is 8.79. The van der Waals surface area contributed by atoms with Crippen LogP contribution in [-0.2, 0) is 22.6 Å². The van der Waals surface area contributed by atoms with Crippen LogP contribution in [0.15, 0.2) is 78.9 Å². The number of hydrogen-bond donors (Lipinski definition) is 1. The van der Waals surface area contributed by atoms with Gasteiger partial charge in [-0.15, -0.1) is 0 Å². The van der Waals surface area contributed by atoms with Gasteiger partial charge in [-0.3, -0.25) is 9.59 Å². The molecule has 0 spiro atoms. The number of amides is 2. The molecule has 1 atom stereocenters. The topological polar surface area (TPSA) is 58.6 Å². The van der Waals surface area contributed by atoms with Crippen LogP contribution in [0.25, 0.3) is 0 Å². The van der Waals surface area contributed by atoms with Crippen LogP contribution in [0.2, 0.25) is 0 Å². The Morgan fingerprint density at radius 1 is 0.886 bits per heavy atom. The Kier molecular flexibility index (Phi) is 9.47. The number of carbonyl (C=O) groups excluding carboxylic acids is 2. The fourth-order valence-corrected chi connectivity index (χ4v) is 3.84. The van der Waals surface area contributed by atoms with Crippen molar-refractivity contribution in [1.82, 2.24) is 10.2 Å². The number of rotatable bonds is 11. The van der Waals surface area contributed by atoms with Crippen molar-refractivity contribution in [2.24, 2.45) is 5.92 Å². The first-order chi connectivity index (χ1) is 16.8. The van der Waals surface area contributed by atoms with E-state index in [-0.39, 0.29) is 18.4 Å². The van der Waals surface area contributed by atoms with E-state index in [1.54, 1.807) is 4.90 Å². The summed E-state index contributed by atoms with van der Waals surface area (Å²) in [5.41, 5.74) is 3.99. The summed E-state index contributed by atoms with van der Waals surface area (Å²) in [6.07, 6.45) is 0.423. The lowest BCUT2D eigenvalue weighted by atomic mass is 10.0. The van der Waals surface area contributed by atoms with Gasteiger partial charge in [0.2, 0.25) is 5.91 Å². The molecule has 3 aromatic rings. The SMILES string of the molecule is Cc1ccc(C)c(OCC(=O)N(Cc2ccccc2)C(Cc2ccccc2)C(=O)NCC(C)C)c1. The van der Waals surface area contributed by atoms with Gasteiger partial charge < -0.3 is 15.0 Å². The van der Waals surface area contributed by atoms with Crippen molar-refractivity contribution in [2.45, 2.75) is 46.7 Å². The van der Waals surface area contributed by atoms with E-state index in [4.69, 9.17) is 4.74 Å². The molecular weight excluding hydrogens is 436 g/mol. The molecule has 0 aliphatic carbocycles. The van der Waals surface area contributed by atoms with Crippen molar-refractivity contribution in [3.8, 4) is 5.75 Å². The molecule has 0 saturated carbocycles. The Labute approximate surface area is 209 Å². The first-order valence-electron chi connectivity index (χ1n) is 12.2. The largest absolute Gasteiger partial charge is 0.483 e. The third kappa shape index (κ3) is 7.99. The summed E-state index contributed by atoms with van der Waals surface area (Å²) in [6, 6.07) is 24.8. The van der Waals surface area contributed by atoms with Crippen LogP contribution < -0.4 is 10.1 Å². The smallest absolute Gasteiger partial charge is 0.261 e. The first kappa shape index (κ1) is 26.0. The molecule has 3 rings (SSSR count). The molecule has 1 unspecified atom stereocenters. The number of aryl methyl sites for hydroxylation is 2. The second kappa shape index (κ2) is 12.7. The number of benzene rings is 3. The summed E-state index contributed by atoms with van der Waals surface area (Å²) in [7, 11) is 0. The van der Waals surface area contributed by atoms with E-state index in [0.29, 0.717) is 31.2 Å². The van der Waals surface area contributed by atoms with Crippen LogP contribution in [0.5, 0.6) is 5.75 Å². The van der Waals surface area contributed by atoms with Gasteiger partial charge in [-0.25, -0.2) is 0 Å². The average Bonchev–Trinajstić information content (AvgIpc) is 2.86. The summed E-state index contributed by atoms with van der Waals surface area (Å²) in [4.78, 5) is 28.7. The molecule has 0 aliphatic heterocycles. The molecule has 0 saturated heterocycles. The Bertz CT molecular complexity index is 1100. The minimum absolute atomic E-state index is 0.139. The third-order valence-electron chi connectivity index (χ3n) is 5.85. The van der Waals surface area contributed by atoms with Crippen LogP contribution in [0.3, 0.4) is 0 Å². The first-order valence-corrected chi connectivity index (χ1v) is 12.2. The van der Waals surface area contributed by atoms with Crippen molar-refractivity contribution in [1.29, 1.82) is 0 Å². The van der Waals surface area contributed by atoms with E-state index in [2.05, 4.69) is 19.2 Å². The molecule has 5 heteroatoms. The zero-order valence-corrected chi connectivity index (χ0v) is 21.2. The number of carbonyl (C=O) groups is 2. The average molecular weight is 473 g/mol. The summed E-state index contributed by atoms with van der Waals surface area (Å²) in [5, 5.41) is 3.04. The standard InChI is InChI=1S/C30H36N2O3/c1-22(2)19-31-30(34)27(18-25-11-7-5-8-12-25)32(20-26-13-9-6-10-14-26)29(33)21-35-28-17-23(3)15-16-24(28)4/h5-17,22,27H,18-21H2,1-4H3,(H,31,34). The summed E-state index contributed by atoms with van der Waals surface area (Å²) >= 11 is 0. The van der Waals surface area contributed by atoms with Crippen LogP contribution >= 0.6 is 0 Å². The molecular formula is C30H36N2O3. The molecule has 0 fully saturated rings. The summed E-state index contributed by atoms with van der Waals surface area (Å²) in [5.74, 6) is 0.609. The molecule has 2 amide bonds. The minimum Gasteiger partial charge on any atom is -0.483 e. The van der Waals surface area contributed by atoms with Gasteiger partial charge in [0, 0.05) is 19.5 Å². The molecule has 0 aliphatic rings. The van der Waals surface area contributed by atoms with Crippen LogP contribution in [0.1, 0.15) is 36.1 Å². The van der Waals surface area contributed by atoms with E-state index in [1.807, 2.05) is 92.7 Å². The second-order valence-electron chi connectivity index (χ2n) is 9.41. The number of nitrogens with one attached hydrogen (secondary N) is 1. The predicted molar refractivity (Wildman–Crippen MR) is 140 cm³/mol. The molecule has 3 aromatic carbocycles. The lowest BCUT2D eigenvalue weighted by molar-refractivity contribution is -0.142. The van der Waals surface area contributed by atoms with Gasteiger partial charge in [0.25, 0.3) is 5.91 Å². The predicted octanol–water partition coefficient (Wildman–Crippen LogP) is 5.09. The highest BCUT2D eigenvalue weighted by Gasteiger charge is 2.30. The lowest BCUT2D eigenvalue weighted by Crippen LogP contribution is -2.52. The number of nitrogens with zero attached hydrogens (tertiary/aromatic N) is 1. The van der Waals surface area contributed by atoms with E-state index in [0.717, 1.165) is 22.3 Å². The monoisotopic (exact) mass is 472 g/mol. The fourth-order valence-electron chi connectivity index (χ4n) is 3.84. The second-order valence-corrected chi connectivity index (χ2v) is 9.41. The highest BCUT2D eigenvalue weighted by atomic mass is 16.5. The van der Waals surface area contributed by atoms with E-state index >= 15 is 0 Å². The van der Waals surface area contributed by atoms with Gasteiger partial charge in [-0.2, -0.15) is 0 Å². The van der Waals surface area contributed by atoms with Crippen LogP contribution in [0, 0.1) is 19.8 Å². The van der Waals surface area contributed by atoms with Gasteiger partial charge >= 0.3 is 0 Å². The molecule has 0 heterocycles.